The molecule has 0 unspecified atom stereocenters. The van der Waals surface area contributed by atoms with Crippen LogP contribution in [0.5, 0.6) is 0 Å². The Kier molecular flexibility index (Phi) is 2.81. The van der Waals surface area contributed by atoms with Crippen LogP contribution >= 0.6 is 0 Å². The van der Waals surface area contributed by atoms with Crippen molar-refractivity contribution in [2.75, 3.05) is 31.9 Å². The van der Waals surface area contributed by atoms with Gasteiger partial charge in [0.05, 0.1) is 5.75 Å². The Morgan fingerprint density at radius 3 is 2.36 bits per heavy atom. The van der Waals surface area contributed by atoms with Gasteiger partial charge in [-0.15, -0.1) is 0 Å². The molecule has 0 saturated carbocycles. The summed E-state index contributed by atoms with van der Waals surface area (Å²) in [6, 6.07) is 0. The molecule has 5 heteroatoms. The van der Waals surface area contributed by atoms with Crippen LogP contribution in [0.4, 0.5) is 0 Å². The summed E-state index contributed by atoms with van der Waals surface area (Å²) in [5.74, 6) is 1.42. The zero-order chi connectivity index (χ0) is 10.2. The van der Waals surface area contributed by atoms with Gasteiger partial charge in [0, 0.05) is 13.1 Å². The number of hydrogen-bond donors (Lipinski definition) is 1. The van der Waals surface area contributed by atoms with Gasteiger partial charge in [0.1, 0.15) is 0 Å². The van der Waals surface area contributed by atoms with E-state index in [4.69, 9.17) is 0 Å². The van der Waals surface area contributed by atoms with E-state index in [0.717, 1.165) is 26.2 Å². The summed E-state index contributed by atoms with van der Waals surface area (Å²) in [7, 11) is -2.95. The van der Waals surface area contributed by atoms with Gasteiger partial charge in [0.2, 0.25) is 10.0 Å². The molecule has 0 spiro atoms. The zero-order valence-electron chi connectivity index (χ0n) is 8.57. The maximum absolute atomic E-state index is 11.8. The second-order valence-electron chi connectivity index (χ2n) is 4.31. The minimum absolute atomic E-state index is 0.305. The molecule has 2 aliphatic heterocycles. The van der Waals surface area contributed by atoms with E-state index in [1.54, 1.807) is 4.31 Å². The first-order valence-corrected chi connectivity index (χ1v) is 6.93. The third kappa shape index (κ3) is 1.81. The smallest absolute Gasteiger partial charge is 0.214 e. The fourth-order valence-electron chi connectivity index (χ4n) is 2.43. The van der Waals surface area contributed by atoms with Crippen LogP contribution in [0.2, 0.25) is 0 Å². The van der Waals surface area contributed by atoms with Crippen molar-refractivity contribution in [2.45, 2.75) is 13.3 Å². The van der Waals surface area contributed by atoms with Crippen molar-refractivity contribution in [2.24, 2.45) is 11.8 Å². The number of nitrogens with one attached hydrogen (secondary N) is 1. The van der Waals surface area contributed by atoms with Crippen molar-refractivity contribution in [3.63, 3.8) is 0 Å². The Morgan fingerprint density at radius 1 is 1.29 bits per heavy atom. The maximum atomic E-state index is 11.8. The highest BCUT2D eigenvalue weighted by molar-refractivity contribution is 7.89. The van der Waals surface area contributed by atoms with Crippen molar-refractivity contribution in [1.82, 2.24) is 9.62 Å². The Hall–Kier alpha value is -0.130. The third-order valence-electron chi connectivity index (χ3n) is 3.21. The maximum Gasteiger partial charge on any atom is 0.214 e. The van der Waals surface area contributed by atoms with Gasteiger partial charge in [0.25, 0.3) is 0 Å². The molecule has 0 aromatic carbocycles. The lowest BCUT2D eigenvalue weighted by atomic mass is 10.0. The predicted octanol–water partition coefficient (Wildman–Crippen LogP) is -0.123. The molecule has 2 fully saturated rings. The minimum atomic E-state index is -2.95. The monoisotopic (exact) mass is 218 g/mol. The molecule has 1 N–H and O–H groups in total. The highest BCUT2D eigenvalue weighted by atomic mass is 32.2. The molecule has 2 rings (SSSR count). The van der Waals surface area contributed by atoms with Gasteiger partial charge < -0.3 is 5.32 Å². The second kappa shape index (κ2) is 3.79. The van der Waals surface area contributed by atoms with E-state index >= 15 is 0 Å². The van der Waals surface area contributed by atoms with Gasteiger partial charge in [-0.25, -0.2) is 12.7 Å². The van der Waals surface area contributed by atoms with Gasteiger partial charge in [-0.2, -0.15) is 0 Å². The topological polar surface area (TPSA) is 49.4 Å². The molecule has 0 radical (unpaired) electrons. The molecule has 82 valence electrons. The summed E-state index contributed by atoms with van der Waals surface area (Å²) >= 11 is 0. The Bertz CT molecular complexity index is 290. The summed E-state index contributed by atoms with van der Waals surface area (Å²) in [5, 5.41) is 3.31. The number of sulfonamides is 1. The molecule has 2 atom stereocenters. The van der Waals surface area contributed by atoms with E-state index < -0.39 is 10.0 Å². The molecule has 0 bridgehead atoms. The molecular formula is C9H18N2O2S. The van der Waals surface area contributed by atoms with Crippen molar-refractivity contribution < 1.29 is 8.42 Å². The lowest BCUT2D eigenvalue weighted by molar-refractivity contribution is 0.447. The zero-order valence-corrected chi connectivity index (χ0v) is 9.39. The van der Waals surface area contributed by atoms with Gasteiger partial charge >= 0.3 is 0 Å². The Morgan fingerprint density at radius 2 is 1.86 bits per heavy atom. The minimum Gasteiger partial charge on any atom is -0.316 e. The van der Waals surface area contributed by atoms with Crippen molar-refractivity contribution >= 4 is 10.0 Å². The van der Waals surface area contributed by atoms with E-state index in [9.17, 15) is 8.42 Å². The number of rotatable bonds is 3. The average molecular weight is 218 g/mol. The first-order chi connectivity index (χ1) is 6.63. The highest BCUT2D eigenvalue weighted by Crippen LogP contribution is 2.28. The molecule has 0 aliphatic carbocycles. The van der Waals surface area contributed by atoms with E-state index in [2.05, 4.69) is 5.32 Å². The van der Waals surface area contributed by atoms with Gasteiger partial charge in [0.15, 0.2) is 0 Å². The molecule has 0 amide bonds. The Balaban J connectivity index is 2.02. The van der Waals surface area contributed by atoms with E-state index in [0.29, 0.717) is 24.0 Å². The molecule has 2 heterocycles. The van der Waals surface area contributed by atoms with Gasteiger partial charge in [-0.3, -0.25) is 0 Å². The number of nitrogens with zero attached hydrogens (tertiary/aromatic N) is 1. The number of hydrogen-bond acceptors (Lipinski definition) is 3. The standard InChI is InChI=1S/C9H18N2O2S/c1-2-3-14(12,13)11-6-8-4-10-5-9(8)7-11/h8-10H,2-7H2,1H3/t8-,9+. The summed E-state index contributed by atoms with van der Waals surface area (Å²) in [5.41, 5.74) is 0. The van der Waals surface area contributed by atoms with E-state index in [1.807, 2.05) is 6.92 Å². The van der Waals surface area contributed by atoms with E-state index in [-0.39, 0.29) is 0 Å². The SMILES string of the molecule is CCCS(=O)(=O)N1C[C@H]2CNC[C@H]2C1. The first-order valence-electron chi connectivity index (χ1n) is 5.32. The van der Waals surface area contributed by atoms with Crippen LogP contribution in [0, 0.1) is 11.8 Å². The fourth-order valence-corrected chi connectivity index (χ4v) is 4.04. The lowest BCUT2D eigenvalue weighted by Gasteiger charge is -2.16. The lowest BCUT2D eigenvalue weighted by Crippen LogP contribution is -2.33. The predicted molar refractivity (Wildman–Crippen MR) is 55.5 cm³/mol. The molecule has 14 heavy (non-hydrogen) atoms. The van der Waals surface area contributed by atoms with E-state index in [1.165, 1.54) is 0 Å². The molecule has 4 nitrogen and oxygen atoms in total. The van der Waals surface area contributed by atoms with Crippen LogP contribution < -0.4 is 5.32 Å². The molecule has 0 aromatic rings. The van der Waals surface area contributed by atoms with Crippen molar-refractivity contribution in [3.05, 3.63) is 0 Å². The second-order valence-corrected chi connectivity index (χ2v) is 6.40. The summed E-state index contributed by atoms with van der Waals surface area (Å²) < 4.78 is 25.2. The van der Waals surface area contributed by atoms with Gasteiger partial charge in [-0.05, 0) is 31.3 Å². The van der Waals surface area contributed by atoms with Gasteiger partial charge in [-0.1, -0.05) is 6.92 Å². The highest BCUT2D eigenvalue weighted by Gasteiger charge is 2.40. The largest absolute Gasteiger partial charge is 0.316 e. The van der Waals surface area contributed by atoms with Crippen molar-refractivity contribution in [1.29, 1.82) is 0 Å². The average Bonchev–Trinajstić information content (AvgIpc) is 2.60. The van der Waals surface area contributed by atoms with Crippen LogP contribution in [-0.2, 0) is 10.0 Å². The Labute approximate surface area is 85.7 Å². The van der Waals surface area contributed by atoms with Crippen LogP contribution in [0.1, 0.15) is 13.3 Å². The molecule has 2 aliphatic rings. The summed E-state index contributed by atoms with van der Waals surface area (Å²) in [4.78, 5) is 0. The molecular weight excluding hydrogens is 200 g/mol. The van der Waals surface area contributed by atoms with Crippen molar-refractivity contribution in [3.8, 4) is 0 Å². The normalized spacial score (nSPS) is 33.5. The summed E-state index contributed by atoms with van der Waals surface area (Å²) in [6.07, 6.45) is 0.715. The van der Waals surface area contributed by atoms with Crippen LogP contribution in [-0.4, -0.2) is 44.7 Å². The first kappa shape index (κ1) is 10.4. The van der Waals surface area contributed by atoms with Crippen LogP contribution in [0.3, 0.4) is 0 Å². The molecule has 2 saturated heterocycles. The molecule has 0 aromatic heterocycles. The van der Waals surface area contributed by atoms with Crippen LogP contribution in [0.25, 0.3) is 0 Å². The third-order valence-corrected chi connectivity index (χ3v) is 5.22. The summed E-state index contributed by atoms with van der Waals surface area (Å²) in [6.45, 7) is 5.36. The number of fused-ring (bicyclic) bond motifs is 1. The fraction of sp³-hybridized carbons (Fsp3) is 1.00. The quantitative estimate of drug-likeness (QED) is 0.718. The van der Waals surface area contributed by atoms with Crippen LogP contribution in [0.15, 0.2) is 0 Å².